The highest BCUT2D eigenvalue weighted by molar-refractivity contribution is 9.25. The summed E-state index contributed by atoms with van der Waals surface area (Å²) >= 11 is 7.42. The van der Waals surface area contributed by atoms with Crippen molar-refractivity contribution >= 4 is 44.3 Å². The van der Waals surface area contributed by atoms with Gasteiger partial charge in [-0.2, -0.15) is 0 Å². The van der Waals surface area contributed by atoms with Crippen LogP contribution in [0.15, 0.2) is 0 Å². The summed E-state index contributed by atoms with van der Waals surface area (Å²) in [7, 11) is 0. The molecule has 2 rings (SSSR count). The minimum absolute atomic E-state index is 0. The number of hydrogen-bond acceptors (Lipinski definition) is 1. The Morgan fingerprint density at radius 2 is 2.09 bits per heavy atom. The van der Waals surface area contributed by atoms with Crippen LogP contribution in [0.1, 0.15) is 13.3 Å². The first kappa shape index (κ1) is 10.3. The van der Waals surface area contributed by atoms with E-state index in [0.29, 0.717) is 5.41 Å². The van der Waals surface area contributed by atoms with E-state index in [0.717, 1.165) is 12.5 Å². The maximum absolute atomic E-state index is 3.71. The van der Waals surface area contributed by atoms with Gasteiger partial charge in [-0.3, -0.25) is 0 Å². The molecule has 2 unspecified atom stereocenters. The molecule has 0 aromatic carbocycles. The second-order valence-electron chi connectivity index (χ2n) is 3.55. The van der Waals surface area contributed by atoms with Crippen LogP contribution in [0.2, 0.25) is 0 Å². The van der Waals surface area contributed by atoms with E-state index in [1.165, 1.54) is 13.0 Å². The highest BCUT2D eigenvalue weighted by Gasteiger charge is 2.71. The van der Waals surface area contributed by atoms with Gasteiger partial charge in [0.25, 0.3) is 0 Å². The molecule has 0 spiro atoms. The van der Waals surface area contributed by atoms with Crippen molar-refractivity contribution in [2.45, 2.75) is 16.6 Å². The van der Waals surface area contributed by atoms with Gasteiger partial charge in [-0.15, -0.1) is 12.4 Å². The standard InChI is InChI=1S/C7H11Br2N.ClH/c1-6-2-3-10-4-5(6)7(6,8)9;/h5,10H,2-4H2,1H3;1H. The Bertz CT molecular complexity index is 174. The molecule has 1 N–H and O–H groups in total. The molecule has 2 aliphatic rings. The lowest BCUT2D eigenvalue weighted by molar-refractivity contribution is 0.382. The average Bonchev–Trinajstić information content (AvgIpc) is 2.30. The fourth-order valence-corrected chi connectivity index (χ4v) is 4.02. The van der Waals surface area contributed by atoms with Gasteiger partial charge in [0.2, 0.25) is 0 Å². The molecule has 2 atom stereocenters. The Morgan fingerprint density at radius 1 is 1.45 bits per heavy atom. The third kappa shape index (κ3) is 1.19. The molecule has 1 saturated carbocycles. The van der Waals surface area contributed by atoms with Crippen molar-refractivity contribution in [2.24, 2.45) is 11.3 Å². The molecule has 0 amide bonds. The average molecular weight is 305 g/mol. The Morgan fingerprint density at radius 3 is 2.45 bits per heavy atom. The monoisotopic (exact) mass is 303 g/mol. The van der Waals surface area contributed by atoms with Crippen molar-refractivity contribution in [3.63, 3.8) is 0 Å². The maximum Gasteiger partial charge on any atom is 0.0909 e. The Balaban J connectivity index is 0.000000605. The third-order valence-corrected chi connectivity index (χ3v) is 5.97. The van der Waals surface area contributed by atoms with Gasteiger partial charge in [-0.1, -0.05) is 38.8 Å². The molecule has 0 aromatic heterocycles. The minimum atomic E-state index is 0. The second-order valence-corrected chi connectivity index (χ2v) is 7.11. The zero-order valence-electron chi connectivity index (χ0n) is 6.36. The number of fused-ring (bicyclic) bond motifs is 1. The molecule has 0 aromatic rings. The van der Waals surface area contributed by atoms with Gasteiger partial charge in [0.05, 0.1) is 3.23 Å². The van der Waals surface area contributed by atoms with Gasteiger partial charge in [0.1, 0.15) is 0 Å². The summed E-state index contributed by atoms with van der Waals surface area (Å²) < 4.78 is 0.247. The summed E-state index contributed by atoms with van der Waals surface area (Å²) in [4.78, 5) is 0. The zero-order valence-corrected chi connectivity index (χ0v) is 10.4. The van der Waals surface area contributed by atoms with Crippen LogP contribution in [0.5, 0.6) is 0 Å². The molecule has 4 heteroatoms. The number of alkyl halides is 2. The van der Waals surface area contributed by atoms with Crippen LogP contribution < -0.4 is 5.32 Å². The number of rotatable bonds is 0. The fraction of sp³-hybridized carbons (Fsp3) is 1.00. The lowest BCUT2D eigenvalue weighted by atomic mass is 9.99. The van der Waals surface area contributed by atoms with E-state index in [4.69, 9.17) is 0 Å². The zero-order chi connectivity index (χ0) is 7.41. The highest BCUT2D eigenvalue weighted by Crippen LogP contribution is 2.73. The van der Waals surface area contributed by atoms with Gasteiger partial charge in [0, 0.05) is 17.9 Å². The predicted octanol–water partition coefficient (Wildman–Crippen LogP) is 2.52. The van der Waals surface area contributed by atoms with Crippen LogP contribution in [0.3, 0.4) is 0 Å². The lowest BCUT2D eigenvalue weighted by Gasteiger charge is -2.16. The molecule has 1 saturated heterocycles. The van der Waals surface area contributed by atoms with Gasteiger partial charge >= 0.3 is 0 Å². The molecule has 66 valence electrons. The first-order valence-electron chi connectivity index (χ1n) is 3.67. The van der Waals surface area contributed by atoms with Crippen molar-refractivity contribution in [1.82, 2.24) is 5.32 Å². The van der Waals surface area contributed by atoms with E-state index in [2.05, 4.69) is 44.1 Å². The molecule has 0 bridgehead atoms. The van der Waals surface area contributed by atoms with Crippen molar-refractivity contribution in [1.29, 1.82) is 0 Å². The van der Waals surface area contributed by atoms with Crippen molar-refractivity contribution in [2.75, 3.05) is 13.1 Å². The summed E-state index contributed by atoms with van der Waals surface area (Å²) in [5.41, 5.74) is 0.512. The van der Waals surface area contributed by atoms with Crippen molar-refractivity contribution in [3.8, 4) is 0 Å². The van der Waals surface area contributed by atoms with Crippen molar-refractivity contribution in [3.05, 3.63) is 0 Å². The summed E-state index contributed by atoms with van der Waals surface area (Å²) in [5.74, 6) is 0.786. The van der Waals surface area contributed by atoms with Crippen LogP contribution in [0.4, 0.5) is 0 Å². The first-order chi connectivity index (χ1) is 4.59. The molecule has 1 aliphatic heterocycles. The lowest BCUT2D eigenvalue weighted by Crippen LogP contribution is -2.27. The number of halogens is 3. The molecule has 0 radical (unpaired) electrons. The fourth-order valence-electron chi connectivity index (χ4n) is 1.96. The predicted molar refractivity (Wildman–Crippen MR) is 56.9 cm³/mol. The molecular weight excluding hydrogens is 293 g/mol. The van der Waals surface area contributed by atoms with E-state index in [1.54, 1.807) is 0 Å². The Labute approximate surface area is 90.4 Å². The molecule has 11 heavy (non-hydrogen) atoms. The van der Waals surface area contributed by atoms with Crippen LogP contribution in [0.25, 0.3) is 0 Å². The van der Waals surface area contributed by atoms with E-state index in [9.17, 15) is 0 Å². The van der Waals surface area contributed by atoms with Crippen LogP contribution >= 0.6 is 44.3 Å². The Kier molecular flexibility index (Phi) is 2.68. The molecular formula is C7H12Br2ClN. The molecule has 1 nitrogen and oxygen atoms in total. The number of nitrogens with one attached hydrogen (secondary N) is 1. The molecule has 1 heterocycles. The Hall–Kier alpha value is 1.21. The van der Waals surface area contributed by atoms with E-state index >= 15 is 0 Å². The molecule has 1 aliphatic carbocycles. The smallest absolute Gasteiger partial charge is 0.0909 e. The first-order valence-corrected chi connectivity index (χ1v) is 5.26. The van der Waals surface area contributed by atoms with Gasteiger partial charge < -0.3 is 5.32 Å². The van der Waals surface area contributed by atoms with Crippen molar-refractivity contribution < 1.29 is 0 Å². The molecule has 2 fully saturated rings. The summed E-state index contributed by atoms with van der Waals surface area (Å²) in [6.45, 7) is 4.68. The van der Waals surface area contributed by atoms with Gasteiger partial charge in [0.15, 0.2) is 0 Å². The van der Waals surface area contributed by atoms with E-state index in [1.807, 2.05) is 0 Å². The normalized spacial score (nSPS) is 45.5. The minimum Gasteiger partial charge on any atom is -0.316 e. The quantitative estimate of drug-likeness (QED) is 0.678. The second kappa shape index (κ2) is 2.86. The largest absolute Gasteiger partial charge is 0.316 e. The number of piperidine rings is 1. The van der Waals surface area contributed by atoms with Crippen LogP contribution in [-0.2, 0) is 0 Å². The van der Waals surface area contributed by atoms with Crippen LogP contribution in [-0.4, -0.2) is 16.3 Å². The topological polar surface area (TPSA) is 12.0 Å². The number of hydrogen-bond donors (Lipinski definition) is 1. The SMILES string of the molecule is CC12CCNCC1C2(Br)Br.Cl. The van der Waals surface area contributed by atoms with Gasteiger partial charge in [-0.05, 0) is 13.0 Å². The van der Waals surface area contributed by atoms with Crippen LogP contribution in [0, 0.1) is 11.3 Å². The third-order valence-electron chi connectivity index (χ3n) is 3.05. The summed E-state index contributed by atoms with van der Waals surface area (Å²) in [5, 5.41) is 3.40. The van der Waals surface area contributed by atoms with Gasteiger partial charge in [-0.25, -0.2) is 0 Å². The van der Waals surface area contributed by atoms with E-state index in [-0.39, 0.29) is 15.6 Å². The van der Waals surface area contributed by atoms with E-state index < -0.39 is 0 Å². The highest BCUT2D eigenvalue weighted by atomic mass is 79.9. The summed E-state index contributed by atoms with van der Waals surface area (Å²) in [6.07, 6.45) is 1.29. The summed E-state index contributed by atoms with van der Waals surface area (Å²) in [6, 6.07) is 0. The maximum atomic E-state index is 3.71.